The molecule has 7 nitrogen and oxygen atoms in total. The van der Waals surface area contributed by atoms with E-state index in [1.807, 2.05) is 16.7 Å². The number of nitrogens with two attached hydrogens (primary N) is 1. The third-order valence-corrected chi connectivity index (χ3v) is 6.27. The first-order valence-corrected chi connectivity index (χ1v) is 10.4. The van der Waals surface area contributed by atoms with Gasteiger partial charge in [-0.25, -0.2) is 14.4 Å². The topological polar surface area (TPSA) is 86.3 Å². The average molecular weight is 421 g/mol. The Morgan fingerprint density at radius 3 is 2.87 bits per heavy atom. The second kappa shape index (κ2) is 7.77. The lowest BCUT2D eigenvalue weighted by Gasteiger charge is -2.43. The summed E-state index contributed by atoms with van der Waals surface area (Å²) in [5.41, 5.74) is 8.80. The minimum absolute atomic E-state index is 0.0216. The zero-order chi connectivity index (χ0) is 21.5. The maximum absolute atomic E-state index is 14.7. The number of fused-ring (bicyclic) bond motifs is 4. The van der Waals surface area contributed by atoms with E-state index in [1.165, 1.54) is 13.4 Å². The van der Waals surface area contributed by atoms with Gasteiger partial charge in [0.05, 0.1) is 12.8 Å². The van der Waals surface area contributed by atoms with Crippen LogP contribution in [0.4, 0.5) is 10.2 Å². The van der Waals surface area contributed by atoms with Gasteiger partial charge < -0.3 is 15.0 Å². The summed E-state index contributed by atoms with van der Waals surface area (Å²) in [6.07, 6.45) is 2.43. The number of pyridine rings is 1. The molecule has 2 aromatic heterocycles. The monoisotopic (exact) mass is 421 g/mol. The fraction of sp³-hybridized carbons (Fsp3) is 0.348. The van der Waals surface area contributed by atoms with Crippen LogP contribution in [0.25, 0.3) is 11.3 Å². The number of anilines is 1. The van der Waals surface area contributed by atoms with Crippen molar-refractivity contribution in [3.05, 3.63) is 70.2 Å². The van der Waals surface area contributed by atoms with Crippen molar-refractivity contribution in [1.29, 1.82) is 0 Å². The molecule has 1 saturated heterocycles. The van der Waals surface area contributed by atoms with Gasteiger partial charge in [0.15, 0.2) is 11.6 Å². The Balaban J connectivity index is 1.45. The van der Waals surface area contributed by atoms with Crippen LogP contribution in [-0.2, 0) is 13.1 Å². The summed E-state index contributed by atoms with van der Waals surface area (Å²) in [7, 11) is 1.48. The Morgan fingerprint density at radius 2 is 2.06 bits per heavy atom. The first-order valence-electron chi connectivity index (χ1n) is 10.4. The van der Waals surface area contributed by atoms with Gasteiger partial charge in [0.25, 0.3) is 5.56 Å². The second-order valence-electron chi connectivity index (χ2n) is 8.37. The predicted molar refractivity (Wildman–Crippen MR) is 115 cm³/mol. The van der Waals surface area contributed by atoms with Gasteiger partial charge in [0.1, 0.15) is 12.1 Å². The molecular formula is C23H24FN5O2. The van der Waals surface area contributed by atoms with Crippen molar-refractivity contribution in [3.63, 3.8) is 0 Å². The van der Waals surface area contributed by atoms with Crippen molar-refractivity contribution in [2.24, 2.45) is 5.92 Å². The fourth-order valence-electron chi connectivity index (χ4n) is 4.94. The Hall–Kier alpha value is -3.26. The van der Waals surface area contributed by atoms with Crippen LogP contribution in [0.15, 0.2) is 47.5 Å². The third kappa shape index (κ3) is 3.67. The van der Waals surface area contributed by atoms with Crippen LogP contribution in [0.3, 0.4) is 0 Å². The molecule has 1 fully saturated rings. The number of benzene rings is 1. The Labute approximate surface area is 179 Å². The van der Waals surface area contributed by atoms with Crippen LogP contribution >= 0.6 is 0 Å². The maximum atomic E-state index is 14.7. The average Bonchev–Trinajstić information content (AvgIpc) is 2.76. The number of aromatic nitrogens is 3. The number of rotatable bonds is 4. The third-order valence-electron chi connectivity index (χ3n) is 6.27. The van der Waals surface area contributed by atoms with Crippen molar-refractivity contribution in [3.8, 4) is 17.0 Å². The van der Waals surface area contributed by atoms with Gasteiger partial charge in [-0.3, -0.25) is 9.69 Å². The molecule has 2 bridgehead atoms. The van der Waals surface area contributed by atoms with E-state index in [-0.39, 0.29) is 23.0 Å². The van der Waals surface area contributed by atoms with Crippen molar-refractivity contribution >= 4 is 5.82 Å². The van der Waals surface area contributed by atoms with Crippen molar-refractivity contribution in [2.45, 2.75) is 25.4 Å². The highest BCUT2D eigenvalue weighted by Crippen LogP contribution is 2.37. The summed E-state index contributed by atoms with van der Waals surface area (Å²) in [4.78, 5) is 23.4. The first-order chi connectivity index (χ1) is 15.0. The Morgan fingerprint density at radius 1 is 1.19 bits per heavy atom. The van der Waals surface area contributed by atoms with Crippen molar-refractivity contribution < 1.29 is 9.13 Å². The van der Waals surface area contributed by atoms with E-state index in [4.69, 9.17) is 10.5 Å². The predicted octanol–water partition coefficient (Wildman–Crippen LogP) is 2.65. The lowest BCUT2D eigenvalue weighted by Crippen LogP contribution is -2.46. The zero-order valence-corrected chi connectivity index (χ0v) is 17.3. The standard InChI is InChI=1S/C23H24FN5O2/c1-31-20-4-2-3-15(23(20)24)11-28-9-14-5-17(12-28)19-6-16(7-22(30)29(19)10-14)18-8-21(25)27-13-26-18/h2-4,6-8,13-14,17H,5,9-12H2,1H3,(H2,25,26,27)/t14-,17+/m0/s1. The molecule has 8 heteroatoms. The molecule has 0 radical (unpaired) electrons. The SMILES string of the molecule is COc1cccc(CN2C[C@@H]3C[C@H](C2)c2cc(-c4cc(N)ncn4)cc(=O)n2C3)c1F. The second-order valence-corrected chi connectivity index (χ2v) is 8.37. The van der Waals surface area contributed by atoms with E-state index in [0.29, 0.717) is 36.1 Å². The zero-order valence-electron chi connectivity index (χ0n) is 17.3. The minimum atomic E-state index is -0.305. The largest absolute Gasteiger partial charge is 0.494 e. The van der Waals surface area contributed by atoms with E-state index in [0.717, 1.165) is 30.8 Å². The number of piperidine rings is 1. The number of ether oxygens (including phenoxy) is 1. The molecule has 2 aliphatic heterocycles. The maximum Gasteiger partial charge on any atom is 0.251 e. The lowest BCUT2D eigenvalue weighted by atomic mass is 9.82. The highest BCUT2D eigenvalue weighted by Gasteiger charge is 2.35. The normalized spacial score (nSPS) is 20.3. The number of hydrogen-bond donors (Lipinski definition) is 1. The van der Waals surface area contributed by atoms with E-state index < -0.39 is 0 Å². The molecule has 1 aromatic carbocycles. The molecule has 3 aromatic rings. The molecule has 4 heterocycles. The van der Waals surface area contributed by atoms with Gasteiger partial charge in [-0.05, 0) is 24.5 Å². The molecule has 0 spiro atoms. The van der Waals surface area contributed by atoms with Crippen LogP contribution in [0.1, 0.15) is 23.6 Å². The highest BCUT2D eigenvalue weighted by molar-refractivity contribution is 5.61. The number of halogens is 1. The number of nitrogens with zero attached hydrogens (tertiary/aromatic N) is 4. The van der Waals surface area contributed by atoms with E-state index in [2.05, 4.69) is 14.9 Å². The molecule has 0 amide bonds. The van der Waals surface area contributed by atoms with E-state index >= 15 is 0 Å². The van der Waals surface area contributed by atoms with Crippen LogP contribution in [0.5, 0.6) is 5.75 Å². The van der Waals surface area contributed by atoms with Gasteiger partial charge in [-0.15, -0.1) is 0 Å². The molecular weight excluding hydrogens is 397 g/mol. The Bertz CT molecular complexity index is 1190. The summed E-state index contributed by atoms with van der Waals surface area (Å²) in [6.45, 7) is 2.79. The van der Waals surface area contributed by atoms with Gasteiger partial charge in [-0.2, -0.15) is 0 Å². The number of likely N-dealkylation sites (tertiary alicyclic amines) is 1. The molecule has 2 N–H and O–H groups in total. The molecule has 2 aliphatic rings. The minimum Gasteiger partial charge on any atom is -0.494 e. The smallest absolute Gasteiger partial charge is 0.251 e. The lowest BCUT2D eigenvalue weighted by molar-refractivity contribution is 0.113. The van der Waals surface area contributed by atoms with Crippen molar-refractivity contribution in [2.75, 3.05) is 25.9 Å². The molecule has 160 valence electrons. The van der Waals surface area contributed by atoms with Gasteiger partial charge >= 0.3 is 0 Å². The van der Waals surface area contributed by atoms with Gasteiger partial charge in [0, 0.05) is 61.1 Å². The summed E-state index contributed by atoms with van der Waals surface area (Å²) in [5, 5.41) is 0. The first kappa shape index (κ1) is 19.7. The number of nitrogen functional groups attached to an aromatic ring is 1. The molecule has 2 atom stereocenters. The van der Waals surface area contributed by atoms with Gasteiger partial charge in [0.2, 0.25) is 0 Å². The highest BCUT2D eigenvalue weighted by atomic mass is 19.1. The van der Waals surface area contributed by atoms with E-state index in [1.54, 1.807) is 24.3 Å². The van der Waals surface area contributed by atoms with Crippen LogP contribution in [-0.4, -0.2) is 39.6 Å². The fourth-order valence-corrected chi connectivity index (χ4v) is 4.94. The summed E-state index contributed by atoms with van der Waals surface area (Å²) in [5.74, 6) is 0.888. The van der Waals surface area contributed by atoms with Crippen LogP contribution in [0.2, 0.25) is 0 Å². The Kier molecular flexibility index (Phi) is 4.94. The molecule has 0 unspecified atom stereocenters. The summed E-state index contributed by atoms with van der Waals surface area (Å²) >= 11 is 0. The van der Waals surface area contributed by atoms with E-state index in [9.17, 15) is 9.18 Å². The molecule has 0 saturated carbocycles. The van der Waals surface area contributed by atoms with Crippen LogP contribution < -0.4 is 16.0 Å². The summed E-state index contributed by atoms with van der Waals surface area (Å²) < 4.78 is 21.7. The quantitative estimate of drug-likeness (QED) is 0.697. The molecule has 5 rings (SSSR count). The van der Waals surface area contributed by atoms with Gasteiger partial charge in [-0.1, -0.05) is 12.1 Å². The van der Waals surface area contributed by atoms with Crippen molar-refractivity contribution in [1.82, 2.24) is 19.4 Å². The number of hydrogen-bond acceptors (Lipinski definition) is 6. The molecule has 0 aliphatic carbocycles. The summed E-state index contributed by atoms with van der Waals surface area (Å²) in [6, 6.07) is 10.6. The molecule has 31 heavy (non-hydrogen) atoms. The van der Waals surface area contributed by atoms with Crippen LogP contribution in [0, 0.1) is 11.7 Å². The number of methoxy groups -OCH3 is 1.